The molecule has 6 nitrogen and oxygen atoms in total. The van der Waals surface area contributed by atoms with Crippen LogP contribution in [0.5, 0.6) is 5.75 Å². The van der Waals surface area contributed by atoms with Gasteiger partial charge in [0.15, 0.2) is 6.61 Å². The molecular formula is C15H15N3O3. The summed E-state index contributed by atoms with van der Waals surface area (Å²) in [6.45, 7) is -0.145. The summed E-state index contributed by atoms with van der Waals surface area (Å²) in [7, 11) is 1.52. The molecule has 0 saturated heterocycles. The van der Waals surface area contributed by atoms with E-state index in [0.29, 0.717) is 17.0 Å². The molecule has 0 atom stereocenters. The fourth-order valence-corrected chi connectivity index (χ4v) is 1.63. The molecule has 1 heterocycles. The second kappa shape index (κ2) is 7.04. The van der Waals surface area contributed by atoms with E-state index < -0.39 is 0 Å². The Kier molecular flexibility index (Phi) is 4.87. The van der Waals surface area contributed by atoms with Crippen LogP contribution in [0.15, 0.2) is 48.8 Å². The minimum absolute atomic E-state index is 0.145. The standard InChI is InChI=1S/C15H15N3O3/c1-16-14(19)10-21-13-7-3-2-6-12(13)15(20)18-11-5-4-8-17-9-11/h2-9H,10H2,1H3,(H,16,19)(H,18,20). The zero-order valence-electron chi connectivity index (χ0n) is 11.5. The Bertz CT molecular complexity index is 629. The molecule has 0 aliphatic carbocycles. The fraction of sp³-hybridized carbons (Fsp3) is 0.133. The van der Waals surface area contributed by atoms with E-state index in [-0.39, 0.29) is 18.4 Å². The predicted octanol–water partition coefficient (Wildman–Crippen LogP) is 1.46. The molecule has 0 unspecified atom stereocenters. The number of aromatic nitrogens is 1. The van der Waals surface area contributed by atoms with Crippen LogP contribution in [0, 0.1) is 0 Å². The van der Waals surface area contributed by atoms with Gasteiger partial charge in [0.1, 0.15) is 5.75 Å². The van der Waals surface area contributed by atoms with Crippen molar-refractivity contribution in [2.24, 2.45) is 0 Å². The van der Waals surface area contributed by atoms with Gasteiger partial charge < -0.3 is 15.4 Å². The molecule has 2 rings (SSSR count). The van der Waals surface area contributed by atoms with Crippen molar-refractivity contribution in [1.29, 1.82) is 0 Å². The van der Waals surface area contributed by atoms with Crippen molar-refractivity contribution < 1.29 is 14.3 Å². The van der Waals surface area contributed by atoms with Gasteiger partial charge in [-0.05, 0) is 24.3 Å². The first-order valence-electron chi connectivity index (χ1n) is 6.34. The first kappa shape index (κ1) is 14.5. The summed E-state index contributed by atoms with van der Waals surface area (Å²) in [5.41, 5.74) is 0.939. The van der Waals surface area contributed by atoms with E-state index in [2.05, 4.69) is 15.6 Å². The third kappa shape index (κ3) is 4.04. The molecule has 0 aliphatic heterocycles. The lowest BCUT2D eigenvalue weighted by molar-refractivity contribution is -0.122. The Labute approximate surface area is 122 Å². The van der Waals surface area contributed by atoms with Crippen LogP contribution in [-0.4, -0.2) is 30.5 Å². The van der Waals surface area contributed by atoms with Gasteiger partial charge in [-0.1, -0.05) is 12.1 Å². The number of anilines is 1. The van der Waals surface area contributed by atoms with E-state index in [4.69, 9.17) is 4.74 Å². The molecule has 1 aromatic heterocycles. The van der Waals surface area contributed by atoms with Crippen LogP contribution in [0.1, 0.15) is 10.4 Å². The Morgan fingerprint density at radius 3 is 2.71 bits per heavy atom. The van der Waals surface area contributed by atoms with Crippen LogP contribution in [0.4, 0.5) is 5.69 Å². The molecule has 21 heavy (non-hydrogen) atoms. The Morgan fingerprint density at radius 1 is 1.19 bits per heavy atom. The highest BCUT2D eigenvalue weighted by Gasteiger charge is 2.13. The van der Waals surface area contributed by atoms with E-state index in [9.17, 15) is 9.59 Å². The quantitative estimate of drug-likeness (QED) is 0.871. The minimum atomic E-state index is -0.324. The summed E-state index contributed by atoms with van der Waals surface area (Å²) >= 11 is 0. The van der Waals surface area contributed by atoms with Crippen molar-refractivity contribution in [3.63, 3.8) is 0 Å². The first-order valence-corrected chi connectivity index (χ1v) is 6.34. The number of carbonyl (C=O) groups excluding carboxylic acids is 2. The summed E-state index contributed by atoms with van der Waals surface area (Å²) in [4.78, 5) is 27.4. The number of rotatable bonds is 5. The topological polar surface area (TPSA) is 80.3 Å². The normalized spacial score (nSPS) is 9.76. The molecule has 0 saturated carbocycles. The van der Waals surface area contributed by atoms with Gasteiger partial charge in [0.25, 0.3) is 11.8 Å². The lowest BCUT2D eigenvalue weighted by Crippen LogP contribution is -2.25. The first-order chi connectivity index (χ1) is 10.2. The summed E-state index contributed by atoms with van der Waals surface area (Å²) in [6, 6.07) is 10.2. The number of ether oxygens (including phenoxy) is 1. The summed E-state index contributed by atoms with van der Waals surface area (Å²) < 4.78 is 5.36. The number of likely N-dealkylation sites (N-methyl/N-ethyl adjacent to an activating group) is 1. The molecule has 0 spiro atoms. The zero-order valence-corrected chi connectivity index (χ0v) is 11.5. The number of pyridine rings is 1. The maximum atomic E-state index is 12.2. The summed E-state index contributed by atoms with van der Waals surface area (Å²) in [6.07, 6.45) is 3.17. The van der Waals surface area contributed by atoms with Crippen LogP contribution in [0.3, 0.4) is 0 Å². The molecule has 1 aromatic carbocycles. The van der Waals surface area contributed by atoms with E-state index in [1.54, 1.807) is 48.8 Å². The van der Waals surface area contributed by atoms with Crippen LogP contribution >= 0.6 is 0 Å². The molecule has 6 heteroatoms. The molecule has 0 fully saturated rings. The van der Waals surface area contributed by atoms with Gasteiger partial charge in [-0.2, -0.15) is 0 Å². The predicted molar refractivity (Wildman–Crippen MR) is 78.2 cm³/mol. The van der Waals surface area contributed by atoms with Crippen LogP contribution in [0.2, 0.25) is 0 Å². The molecule has 108 valence electrons. The van der Waals surface area contributed by atoms with Gasteiger partial charge in [0, 0.05) is 13.2 Å². The van der Waals surface area contributed by atoms with Crippen molar-refractivity contribution in [3.8, 4) is 5.75 Å². The van der Waals surface area contributed by atoms with E-state index in [0.717, 1.165) is 0 Å². The van der Waals surface area contributed by atoms with E-state index in [1.807, 2.05) is 0 Å². The number of carbonyl (C=O) groups is 2. The fourth-order valence-electron chi connectivity index (χ4n) is 1.63. The van der Waals surface area contributed by atoms with Crippen LogP contribution < -0.4 is 15.4 Å². The van der Waals surface area contributed by atoms with Gasteiger partial charge in [0.05, 0.1) is 17.4 Å². The molecule has 2 N–H and O–H groups in total. The van der Waals surface area contributed by atoms with Gasteiger partial charge in [-0.15, -0.1) is 0 Å². The van der Waals surface area contributed by atoms with E-state index >= 15 is 0 Å². The largest absolute Gasteiger partial charge is 0.483 e. The van der Waals surface area contributed by atoms with Crippen molar-refractivity contribution >= 4 is 17.5 Å². The van der Waals surface area contributed by atoms with Gasteiger partial charge >= 0.3 is 0 Å². The second-order valence-electron chi connectivity index (χ2n) is 4.15. The second-order valence-corrected chi connectivity index (χ2v) is 4.15. The number of hydrogen-bond donors (Lipinski definition) is 2. The molecule has 0 bridgehead atoms. The SMILES string of the molecule is CNC(=O)COc1ccccc1C(=O)Nc1cccnc1. The van der Waals surface area contributed by atoms with E-state index in [1.165, 1.54) is 7.05 Å². The Hall–Kier alpha value is -2.89. The third-order valence-corrected chi connectivity index (χ3v) is 2.69. The van der Waals surface area contributed by atoms with Crippen LogP contribution in [-0.2, 0) is 4.79 Å². The van der Waals surface area contributed by atoms with Gasteiger partial charge in [-0.3, -0.25) is 14.6 Å². The monoisotopic (exact) mass is 285 g/mol. The van der Waals surface area contributed by atoms with Crippen molar-refractivity contribution in [1.82, 2.24) is 10.3 Å². The molecule has 2 aromatic rings. The maximum absolute atomic E-state index is 12.2. The highest BCUT2D eigenvalue weighted by Crippen LogP contribution is 2.19. The summed E-state index contributed by atoms with van der Waals surface area (Å²) in [5, 5.41) is 5.17. The van der Waals surface area contributed by atoms with Crippen molar-refractivity contribution in [2.75, 3.05) is 19.0 Å². The maximum Gasteiger partial charge on any atom is 0.259 e. The van der Waals surface area contributed by atoms with Crippen LogP contribution in [0.25, 0.3) is 0 Å². The number of nitrogens with zero attached hydrogens (tertiary/aromatic N) is 1. The minimum Gasteiger partial charge on any atom is -0.483 e. The van der Waals surface area contributed by atoms with Crippen molar-refractivity contribution in [2.45, 2.75) is 0 Å². The number of benzene rings is 1. The Morgan fingerprint density at radius 2 is 2.00 bits per heavy atom. The average Bonchev–Trinajstić information content (AvgIpc) is 2.53. The Balaban J connectivity index is 2.11. The zero-order chi connectivity index (χ0) is 15.1. The smallest absolute Gasteiger partial charge is 0.259 e. The number of nitrogens with one attached hydrogen (secondary N) is 2. The molecular weight excluding hydrogens is 270 g/mol. The highest BCUT2D eigenvalue weighted by atomic mass is 16.5. The number of amides is 2. The lowest BCUT2D eigenvalue weighted by atomic mass is 10.2. The molecule has 0 aliphatic rings. The van der Waals surface area contributed by atoms with Gasteiger partial charge in [0.2, 0.25) is 0 Å². The van der Waals surface area contributed by atoms with Gasteiger partial charge in [-0.25, -0.2) is 0 Å². The average molecular weight is 285 g/mol. The summed E-state index contributed by atoms with van der Waals surface area (Å²) in [5.74, 6) is -0.240. The number of para-hydroxylation sites is 1. The third-order valence-electron chi connectivity index (χ3n) is 2.69. The molecule has 2 amide bonds. The molecule has 0 radical (unpaired) electrons. The lowest BCUT2D eigenvalue weighted by Gasteiger charge is -2.11. The number of hydrogen-bond acceptors (Lipinski definition) is 4. The van der Waals surface area contributed by atoms with Crippen molar-refractivity contribution in [3.05, 3.63) is 54.4 Å². The highest BCUT2D eigenvalue weighted by molar-refractivity contribution is 6.06.